The zero-order chi connectivity index (χ0) is 13.2. The Morgan fingerprint density at radius 1 is 1.11 bits per heavy atom. The first-order valence-corrected chi connectivity index (χ1v) is 6.98. The fraction of sp³-hybridized carbons (Fsp3) is 0.562. The van der Waals surface area contributed by atoms with Crippen molar-refractivity contribution in [1.82, 2.24) is 0 Å². The van der Waals surface area contributed by atoms with E-state index < -0.39 is 0 Å². The van der Waals surface area contributed by atoms with Crippen molar-refractivity contribution in [3.8, 4) is 6.07 Å². The monoisotopic (exact) mass is 261 g/mol. The van der Waals surface area contributed by atoms with E-state index in [9.17, 15) is 5.26 Å². The van der Waals surface area contributed by atoms with Crippen molar-refractivity contribution in [1.29, 1.82) is 5.26 Å². The molecule has 1 aliphatic rings. The zero-order valence-electron chi connectivity index (χ0n) is 11.2. The molecule has 2 rings (SSSR count). The Labute approximate surface area is 115 Å². The van der Waals surface area contributed by atoms with Crippen molar-refractivity contribution >= 4 is 11.6 Å². The zero-order valence-corrected chi connectivity index (χ0v) is 11.9. The summed E-state index contributed by atoms with van der Waals surface area (Å²) in [6.07, 6.45) is 5.18. The minimum absolute atomic E-state index is 0.163. The Morgan fingerprint density at radius 3 is 2.17 bits per heavy atom. The molecule has 0 bridgehead atoms. The van der Waals surface area contributed by atoms with E-state index in [0.29, 0.717) is 5.41 Å². The quantitative estimate of drug-likeness (QED) is 0.736. The molecule has 0 amide bonds. The van der Waals surface area contributed by atoms with Gasteiger partial charge in [-0.1, -0.05) is 37.6 Å². The van der Waals surface area contributed by atoms with E-state index in [1.54, 1.807) is 0 Å². The molecule has 0 unspecified atom stereocenters. The summed E-state index contributed by atoms with van der Waals surface area (Å²) in [5, 5.41) is 10.3. The van der Waals surface area contributed by atoms with E-state index >= 15 is 0 Å². The van der Waals surface area contributed by atoms with Gasteiger partial charge < -0.3 is 0 Å². The second kappa shape index (κ2) is 4.94. The van der Waals surface area contributed by atoms with Crippen LogP contribution in [0.2, 0.25) is 5.02 Å². The largest absolute Gasteiger partial charge is 0.198 e. The fourth-order valence-corrected chi connectivity index (χ4v) is 2.85. The van der Waals surface area contributed by atoms with E-state index in [1.807, 2.05) is 24.3 Å². The maximum absolute atomic E-state index is 9.55. The molecule has 0 N–H and O–H groups in total. The summed E-state index contributed by atoms with van der Waals surface area (Å²) in [5.41, 5.74) is 1.46. The molecule has 18 heavy (non-hydrogen) atoms. The maximum atomic E-state index is 9.55. The van der Waals surface area contributed by atoms with Crippen LogP contribution in [0.5, 0.6) is 0 Å². The number of rotatable bonds is 2. The van der Waals surface area contributed by atoms with Gasteiger partial charge in [0.1, 0.15) is 0 Å². The molecule has 1 aromatic rings. The molecule has 0 aliphatic heterocycles. The minimum atomic E-state index is -0.163. The highest BCUT2D eigenvalue weighted by molar-refractivity contribution is 6.30. The second-order valence-corrected chi connectivity index (χ2v) is 6.80. The molecule has 0 saturated heterocycles. The van der Waals surface area contributed by atoms with Crippen LogP contribution >= 0.6 is 11.6 Å². The number of nitriles is 1. The summed E-state index contributed by atoms with van der Waals surface area (Å²) >= 11 is 5.90. The lowest BCUT2D eigenvalue weighted by molar-refractivity contribution is 0.146. The lowest BCUT2D eigenvalue weighted by atomic mass is 9.64. The van der Waals surface area contributed by atoms with Crippen LogP contribution in [-0.4, -0.2) is 0 Å². The number of halogens is 1. The van der Waals surface area contributed by atoms with Crippen LogP contribution in [0.3, 0.4) is 0 Å². The first-order valence-electron chi connectivity index (χ1n) is 6.61. The van der Waals surface area contributed by atoms with E-state index in [-0.39, 0.29) is 5.41 Å². The van der Waals surface area contributed by atoms with Gasteiger partial charge in [-0.25, -0.2) is 0 Å². The number of hydrogen-bond acceptors (Lipinski definition) is 1. The van der Waals surface area contributed by atoms with Gasteiger partial charge >= 0.3 is 0 Å². The molecule has 2 heteroatoms. The van der Waals surface area contributed by atoms with Gasteiger partial charge in [0, 0.05) is 5.02 Å². The molecule has 0 heterocycles. The van der Waals surface area contributed by atoms with Crippen LogP contribution in [0.4, 0.5) is 0 Å². The summed E-state index contributed by atoms with van der Waals surface area (Å²) in [5.74, 6) is 0. The van der Waals surface area contributed by atoms with Gasteiger partial charge in [0.2, 0.25) is 0 Å². The molecule has 0 radical (unpaired) electrons. The first kappa shape index (κ1) is 13.4. The van der Waals surface area contributed by atoms with Crippen molar-refractivity contribution in [2.45, 2.75) is 46.0 Å². The number of nitrogens with zero attached hydrogens (tertiary/aromatic N) is 1. The molecular formula is C16H20ClN. The topological polar surface area (TPSA) is 23.8 Å². The van der Waals surface area contributed by atoms with Crippen LogP contribution in [0, 0.1) is 22.2 Å². The summed E-state index contributed by atoms with van der Waals surface area (Å²) < 4.78 is 0. The van der Waals surface area contributed by atoms with E-state index in [0.717, 1.165) is 37.1 Å². The number of benzene rings is 1. The normalized spacial score (nSPS) is 21.2. The van der Waals surface area contributed by atoms with Crippen LogP contribution in [0.15, 0.2) is 24.3 Å². The van der Waals surface area contributed by atoms with Gasteiger partial charge in [0.05, 0.1) is 11.5 Å². The molecule has 0 spiro atoms. The van der Waals surface area contributed by atoms with Gasteiger partial charge in [-0.15, -0.1) is 0 Å². The smallest absolute Gasteiger partial charge is 0.0693 e. The molecule has 0 aromatic heterocycles. The summed E-state index contributed by atoms with van der Waals surface area (Å²) in [7, 11) is 0. The predicted octanol–water partition coefficient (Wildman–Crippen LogP) is 4.99. The Balaban J connectivity index is 2.11. The van der Waals surface area contributed by atoms with Crippen molar-refractivity contribution in [3.63, 3.8) is 0 Å². The molecular weight excluding hydrogens is 242 g/mol. The van der Waals surface area contributed by atoms with Crippen LogP contribution in [0.25, 0.3) is 0 Å². The molecule has 1 nitrogen and oxygen atoms in total. The first-order chi connectivity index (χ1) is 8.45. The summed E-state index contributed by atoms with van der Waals surface area (Å²) in [6, 6.07) is 10.5. The Bertz CT molecular complexity index is 443. The van der Waals surface area contributed by atoms with Gasteiger partial charge in [-0.05, 0) is 55.2 Å². The predicted molar refractivity (Wildman–Crippen MR) is 75.5 cm³/mol. The van der Waals surface area contributed by atoms with Crippen LogP contribution in [0.1, 0.15) is 45.1 Å². The van der Waals surface area contributed by atoms with Crippen LogP contribution < -0.4 is 0 Å². The molecule has 1 fully saturated rings. The lowest BCUT2D eigenvalue weighted by Crippen LogP contribution is -2.31. The van der Waals surface area contributed by atoms with Crippen molar-refractivity contribution in [2.24, 2.45) is 10.8 Å². The van der Waals surface area contributed by atoms with E-state index in [4.69, 9.17) is 11.6 Å². The third-order valence-electron chi connectivity index (χ3n) is 4.25. The van der Waals surface area contributed by atoms with Crippen LogP contribution in [-0.2, 0) is 6.42 Å². The van der Waals surface area contributed by atoms with Gasteiger partial charge in [-0.2, -0.15) is 5.26 Å². The Kier molecular flexibility index (Phi) is 3.69. The standard InChI is InChI=1S/C16H20ClN/c1-15(2)7-9-16(12-18,10-8-15)11-13-3-5-14(17)6-4-13/h3-6H,7-11H2,1-2H3. The highest BCUT2D eigenvalue weighted by Crippen LogP contribution is 2.46. The fourth-order valence-electron chi connectivity index (χ4n) is 2.73. The van der Waals surface area contributed by atoms with Crippen molar-refractivity contribution < 1.29 is 0 Å². The minimum Gasteiger partial charge on any atom is -0.198 e. The second-order valence-electron chi connectivity index (χ2n) is 6.36. The highest BCUT2D eigenvalue weighted by Gasteiger charge is 2.38. The van der Waals surface area contributed by atoms with E-state index in [2.05, 4.69) is 19.9 Å². The number of hydrogen-bond donors (Lipinski definition) is 0. The third-order valence-corrected chi connectivity index (χ3v) is 4.51. The van der Waals surface area contributed by atoms with Crippen molar-refractivity contribution in [2.75, 3.05) is 0 Å². The molecule has 1 saturated carbocycles. The average Bonchev–Trinajstić information content (AvgIpc) is 2.35. The lowest BCUT2D eigenvalue weighted by Gasteiger charge is -2.39. The van der Waals surface area contributed by atoms with Crippen molar-refractivity contribution in [3.05, 3.63) is 34.9 Å². The molecule has 1 aliphatic carbocycles. The Morgan fingerprint density at radius 2 is 1.67 bits per heavy atom. The molecule has 0 atom stereocenters. The summed E-state index contributed by atoms with van der Waals surface area (Å²) in [6.45, 7) is 4.60. The molecule has 1 aromatic carbocycles. The Hall–Kier alpha value is -1.00. The SMILES string of the molecule is CC1(C)CCC(C#N)(Cc2ccc(Cl)cc2)CC1. The van der Waals surface area contributed by atoms with Gasteiger partial charge in [0.25, 0.3) is 0 Å². The molecule has 96 valence electrons. The third kappa shape index (κ3) is 3.06. The average molecular weight is 262 g/mol. The van der Waals surface area contributed by atoms with E-state index in [1.165, 1.54) is 5.56 Å². The highest BCUT2D eigenvalue weighted by atomic mass is 35.5. The van der Waals surface area contributed by atoms with Gasteiger partial charge in [-0.3, -0.25) is 0 Å². The summed E-state index contributed by atoms with van der Waals surface area (Å²) in [4.78, 5) is 0. The maximum Gasteiger partial charge on any atom is 0.0693 e. The van der Waals surface area contributed by atoms with Gasteiger partial charge in [0.15, 0.2) is 0 Å².